The zero-order chi connectivity index (χ0) is 21.0. The molecule has 0 radical (unpaired) electrons. The number of ether oxygens (including phenoxy) is 1. The van der Waals surface area contributed by atoms with E-state index in [1.165, 1.54) is 11.1 Å². The van der Waals surface area contributed by atoms with Crippen LogP contribution in [-0.2, 0) is 16.6 Å². The molecule has 0 aliphatic carbocycles. The van der Waals surface area contributed by atoms with Crippen molar-refractivity contribution in [3.63, 3.8) is 0 Å². The van der Waals surface area contributed by atoms with Gasteiger partial charge in [-0.15, -0.1) is 0 Å². The van der Waals surface area contributed by atoms with Gasteiger partial charge in [-0.05, 0) is 40.7 Å². The molecule has 1 amide bonds. The minimum absolute atomic E-state index is 0.0379. The molecule has 5 heteroatoms. The highest BCUT2D eigenvalue weighted by Crippen LogP contribution is 2.32. The van der Waals surface area contributed by atoms with E-state index in [1.807, 2.05) is 29.2 Å². The van der Waals surface area contributed by atoms with Crippen molar-refractivity contribution in [1.82, 2.24) is 9.80 Å². The van der Waals surface area contributed by atoms with Gasteiger partial charge in [-0.2, -0.15) is 0 Å². The van der Waals surface area contributed by atoms with Gasteiger partial charge in [-0.1, -0.05) is 57.2 Å². The third-order valence-electron chi connectivity index (χ3n) is 5.56. The Morgan fingerprint density at radius 1 is 1.03 bits per heavy atom. The van der Waals surface area contributed by atoms with Crippen molar-refractivity contribution in [3.05, 3.63) is 65.2 Å². The fourth-order valence-corrected chi connectivity index (χ4v) is 3.85. The molecule has 3 rings (SSSR count). The van der Waals surface area contributed by atoms with E-state index < -0.39 is 0 Å². The molecule has 1 aliphatic rings. The number of carbonyl (C=O) groups is 1. The molecule has 1 fully saturated rings. The molecule has 1 N–H and O–H groups in total. The lowest BCUT2D eigenvalue weighted by Gasteiger charge is -2.31. The van der Waals surface area contributed by atoms with E-state index in [9.17, 15) is 9.90 Å². The summed E-state index contributed by atoms with van der Waals surface area (Å²) < 4.78 is 5.22. The summed E-state index contributed by atoms with van der Waals surface area (Å²) >= 11 is 0. The molecule has 156 valence electrons. The summed E-state index contributed by atoms with van der Waals surface area (Å²) in [4.78, 5) is 16.8. The van der Waals surface area contributed by atoms with Crippen molar-refractivity contribution in [2.45, 2.75) is 38.8 Å². The summed E-state index contributed by atoms with van der Waals surface area (Å²) in [5.74, 6) is 0.939. The number of aliphatic hydroxyl groups is 1. The van der Waals surface area contributed by atoms with Crippen LogP contribution in [0.3, 0.4) is 0 Å². The highest BCUT2D eigenvalue weighted by atomic mass is 16.5. The van der Waals surface area contributed by atoms with Crippen LogP contribution in [0.2, 0.25) is 0 Å². The molecule has 1 heterocycles. The fourth-order valence-electron chi connectivity index (χ4n) is 3.85. The quantitative estimate of drug-likeness (QED) is 0.780. The molecule has 1 unspecified atom stereocenters. The van der Waals surface area contributed by atoms with Crippen molar-refractivity contribution in [3.8, 4) is 5.75 Å². The van der Waals surface area contributed by atoms with Crippen molar-refractivity contribution < 1.29 is 14.6 Å². The van der Waals surface area contributed by atoms with E-state index in [0.29, 0.717) is 19.6 Å². The highest BCUT2D eigenvalue weighted by Gasteiger charge is 2.38. The van der Waals surface area contributed by atoms with Crippen LogP contribution in [0.4, 0.5) is 0 Å². The summed E-state index contributed by atoms with van der Waals surface area (Å²) in [6.45, 7) is 8.08. The second kappa shape index (κ2) is 8.97. The SMILES string of the molecule is COc1ccc(CCN2C(=O)CN(CCO)C2c2ccc(C(C)(C)C)cc2)cc1. The van der Waals surface area contributed by atoms with Gasteiger partial charge in [0.05, 0.1) is 20.3 Å². The topological polar surface area (TPSA) is 53.0 Å². The number of carbonyl (C=O) groups excluding carboxylic acids is 1. The Hall–Kier alpha value is -2.37. The van der Waals surface area contributed by atoms with Crippen LogP contribution in [0.15, 0.2) is 48.5 Å². The number of β-amino-alcohol motifs (C(OH)–C–C–N with tert-alkyl or cyclic N) is 1. The van der Waals surface area contributed by atoms with Crippen LogP contribution in [-0.4, -0.2) is 54.2 Å². The van der Waals surface area contributed by atoms with Crippen LogP contribution in [0.5, 0.6) is 5.75 Å². The third-order valence-corrected chi connectivity index (χ3v) is 5.56. The largest absolute Gasteiger partial charge is 0.497 e. The number of benzene rings is 2. The molecular formula is C24H32N2O3. The summed E-state index contributed by atoms with van der Waals surface area (Å²) in [7, 11) is 1.66. The van der Waals surface area contributed by atoms with Gasteiger partial charge in [0.15, 0.2) is 0 Å². The monoisotopic (exact) mass is 396 g/mol. The van der Waals surface area contributed by atoms with Gasteiger partial charge in [0, 0.05) is 13.1 Å². The fraction of sp³-hybridized carbons (Fsp3) is 0.458. The number of nitrogens with zero attached hydrogens (tertiary/aromatic N) is 2. The number of aliphatic hydroxyl groups excluding tert-OH is 1. The molecule has 0 spiro atoms. The average molecular weight is 397 g/mol. The van der Waals surface area contributed by atoms with E-state index in [0.717, 1.165) is 17.7 Å². The highest BCUT2D eigenvalue weighted by molar-refractivity contribution is 5.81. The van der Waals surface area contributed by atoms with Gasteiger partial charge >= 0.3 is 0 Å². The maximum absolute atomic E-state index is 12.8. The Balaban J connectivity index is 1.80. The molecule has 29 heavy (non-hydrogen) atoms. The average Bonchev–Trinajstić information content (AvgIpc) is 3.01. The lowest BCUT2D eigenvalue weighted by molar-refractivity contribution is -0.128. The van der Waals surface area contributed by atoms with Crippen LogP contribution < -0.4 is 4.74 Å². The first-order valence-electron chi connectivity index (χ1n) is 10.2. The molecule has 1 saturated heterocycles. The molecular weight excluding hydrogens is 364 g/mol. The van der Waals surface area contributed by atoms with Crippen LogP contribution >= 0.6 is 0 Å². The van der Waals surface area contributed by atoms with E-state index in [1.54, 1.807) is 7.11 Å². The maximum Gasteiger partial charge on any atom is 0.238 e. The first-order chi connectivity index (χ1) is 13.8. The van der Waals surface area contributed by atoms with Crippen molar-refractivity contribution in [2.75, 3.05) is 33.4 Å². The molecule has 0 bridgehead atoms. The molecule has 5 nitrogen and oxygen atoms in total. The number of hydrogen-bond donors (Lipinski definition) is 1. The summed E-state index contributed by atoms with van der Waals surface area (Å²) in [5, 5.41) is 9.49. The van der Waals surface area contributed by atoms with E-state index in [4.69, 9.17) is 4.74 Å². The number of methoxy groups -OCH3 is 1. The zero-order valence-corrected chi connectivity index (χ0v) is 17.9. The van der Waals surface area contributed by atoms with Gasteiger partial charge < -0.3 is 14.7 Å². The summed E-state index contributed by atoms with van der Waals surface area (Å²) in [5.41, 5.74) is 3.61. The first kappa shape index (κ1) is 21.3. The van der Waals surface area contributed by atoms with Crippen LogP contribution in [0.1, 0.15) is 43.6 Å². The Labute approximate surface area is 173 Å². The van der Waals surface area contributed by atoms with Gasteiger partial charge in [0.1, 0.15) is 11.9 Å². The Bertz CT molecular complexity index is 810. The third kappa shape index (κ3) is 4.98. The van der Waals surface area contributed by atoms with Crippen molar-refractivity contribution in [1.29, 1.82) is 0 Å². The predicted molar refractivity (Wildman–Crippen MR) is 115 cm³/mol. The van der Waals surface area contributed by atoms with E-state index in [-0.39, 0.29) is 24.1 Å². The van der Waals surface area contributed by atoms with Crippen molar-refractivity contribution in [2.24, 2.45) is 0 Å². The van der Waals surface area contributed by atoms with Crippen LogP contribution in [0, 0.1) is 0 Å². The zero-order valence-electron chi connectivity index (χ0n) is 17.9. The summed E-state index contributed by atoms with van der Waals surface area (Å²) in [6.07, 6.45) is 0.640. The van der Waals surface area contributed by atoms with Gasteiger partial charge in [-0.3, -0.25) is 9.69 Å². The van der Waals surface area contributed by atoms with Gasteiger partial charge in [0.25, 0.3) is 0 Å². The minimum Gasteiger partial charge on any atom is -0.497 e. The number of rotatable bonds is 7. The maximum atomic E-state index is 12.8. The second-order valence-corrected chi connectivity index (χ2v) is 8.62. The van der Waals surface area contributed by atoms with Gasteiger partial charge in [-0.25, -0.2) is 0 Å². The lowest BCUT2D eigenvalue weighted by atomic mass is 9.86. The molecule has 1 atom stereocenters. The number of amides is 1. The smallest absolute Gasteiger partial charge is 0.238 e. The van der Waals surface area contributed by atoms with Gasteiger partial charge in [0.2, 0.25) is 5.91 Å². The molecule has 0 aromatic heterocycles. The number of hydrogen-bond acceptors (Lipinski definition) is 4. The molecule has 0 saturated carbocycles. The minimum atomic E-state index is -0.137. The summed E-state index contributed by atoms with van der Waals surface area (Å²) in [6, 6.07) is 16.5. The normalized spacial score (nSPS) is 17.8. The second-order valence-electron chi connectivity index (χ2n) is 8.62. The molecule has 2 aromatic carbocycles. The standard InChI is InChI=1S/C24H32N2O3/c1-24(2,3)20-9-7-19(8-10-20)23-25(15-16-27)17-22(28)26(23)14-13-18-5-11-21(29-4)12-6-18/h5-12,23,27H,13-17H2,1-4H3. The Morgan fingerprint density at radius 2 is 1.69 bits per heavy atom. The lowest BCUT2D eigenvalue weighted by Crippen LogP contribution is -2.34. The van der Waals surface area contributed by atoms with Crippen molar-refractivity contribution >= 4 is 5.91 Å². The first-order valence-corrected chi connectivity index (χ1v) is 10.2. The van der Waals surface area contributed by atoms with E-state index in [2.05, 4.69) is 49.9 Å². The Kier molecular flexibility index (Phi) is 6.60. The molecule has 2 aromatic rings. The Morgan fingerprint density at radius 3 is 2.24 bits per heavy atom. The predicted octanol–water partition coefficient (Wildman–Crippen LogP) is 3.37. The van der Waals surface area contributed by atoms with Crippen LogP contribution in [0.25, 0.3) is 0 Å². The van der Waals surface area contributed by atoms with E-state index >= 15 is 0 Å². The molecule has 1 aliphatic heterocycles.